The Morgan fingerprint density at radius 3 is 2.91 bits per heavy atom. The molecular weight excluding hydrogens is 409 g/mol. The van der Waals surface area contributed by atoms with Gasteiger partial charge >= 0.3 is 0 Å². The Morgan fingerprint density at radius 2 is 2.12 bits per heavy atom. The van der Waals surface area contributed by atoms with Crippen molar-refractivity contribution in [1.29, 1.82) is 0 Å². The molecular formula is C23H24FN7O. The molecule has 0 aliphatic carbocycles. The topological polar surface area (TPSA) is 90.0 Å². The number of nitrogens with one attached hydrogen (secondary N) is 1. The number of hydrogen-bond acceptors (Lipinski definition) is 5. The van der Waals surface area contributed by atoms with Crippen LogP contribution in [0.1, 0.15) is 52.9 Å². The Hall–Kier alpha value is -3.62. The van der Waals surface area contributed by atoms with Crippen LogP contribution >= 0.6 is 0 Å². The van der Waals surface area contributed by atoms with E-state index in [0.29, 0.717) is 40.5 Å². The van der Waals surface area contributed by atoms with E-state index in [1.54, 1.807) is 22.7 Å². The number of rotatable bonds is 5. The number of fused-ring (bicyclic) bond motifs is 2. The smallest absolute Gasteiger partial charge is 0.270 e. The molecule has 0 radical (unpaired) electrons. The molecule has 0 saturated heterocycles. The van der Waals surface area contributed by atoms with Gasteiger partial charge in [-0.25, -0.2) is 24.0 Å². The Balaban J connectivity index is 1.35. The molecule has 1 aliphatic rings. The van der Waals surface area contributed by atoms with E-state index in [2.05, 4.69) is 25.4 Å². The van der Waals surface area contributed by atoms with Crippen molar-refractivity contribution in [2.24, 2.45) is 0 Å². The van der Waals surface area contributed by atoms with Crippen molar-refractivity contribution < 1.29 is 9.18 Å². The minimum absolute atomic E-state index is 0.193. The molecule has 1 N–H and O–H groups in total. The zero-order chi connectivity index (χ0) is 22.2. The fraction of sp³-hybridized carbons (Fsp3) is 0.348. The van der Waals surface area contributed by atoms with Crippen molar-refractivity contribution in [2.45, 2.75) is 52.6 Å². The van der Waals surface area contributed by atoms with Crippen LogP contribution in [0.3, 0.4) is 0 Å². The zero-order valence-electron chi connectivity index (χ0n) is 18.1. The summed E-state index contributed by atoms with van der Waals surface area (Å²) in [7, 11) is 0. The fourth-order valence-corrected chi connectivity index (χ4v) is 4.08. The highest BCUT2D eigenvalue weighted by Crippen LogP contribution is 2.23. The number of amides is 1. The van der Waals surface area contributed by atoms with E-state index in [1.807, 2.05) is 24.7 Å². The van der Waals surface area contributed by atoms with Crippen LogP contribution in [0.15, 0.2) is 30.6 Å². The predicted molar refractivity (Wildman–Crippen MR) is 117 cm³/mol. The number of halogens is 1. The largest absolute Gasteiger partial charge is 0.347 e. The third-order valence-corrected chi connectivity index (χ3v) is 5.73. The maximum absolute atomic E-state index is 14.8. The second-order valence-corrected chi connectivity index (χ2v) is 8.09. The van der Waals surface area contributed by atoms with Gasteiger partial charge in [-0.15, -0.1) is 0 Å². The summed E-state index contributed by atoms with van der Waals surface area (Å²) in [5.74, 6) is 1.14. The van der Waals surface area contributed by atoms with Gasteiger partial charge in [0.2, 0.25) is 5.78 Å². The number of imidazole rings is 1. The van der Waals surface area contributed by atoms with Crippen molar-refractivity contribution in [3.8, 4) is 11.4 Å². The van der Waals surface area contributed by atoms with E-state index in [4.69, 9.17) is 0 Å². The molecule has 4 aromatic rings. The van der Waals surface area contributed by atoms with Crippen molar-refractivity contribution in [3.63, 3.8) is 0 Å². The van der Waals surface area contributed by atoms with Crippen LogP contribution < -0.4 is 5.32 Å². The van der Waals surface area contributed by atoms with Gasteiger partial charge in [0.15, 0.2) is 5.82 Å². The number of benzene rings is 1. The van der Waals surface area contributed by atoms with E-state index < -0.39 is 5.82 Å². The molecule has 3 aromatic heterocycles. The predicted octanol–water partition coefficient (Wildman–Crippen LogP) is 3.26. The van der Waals surface area contributed by atoms with Crippen LogP contribution in [0, 0.1) is 12.7 Å². The minimum atomic E-state index is -0.399. The van der Waals surface area contributed by atoms with E-state index >= 15 is 0 Å². The Morgan fingerprint density at radius 1 is 1.25 bits per heavy atom. The maximum atomic E-state index is 14.8. The third kappa shape index (κ3) is 3.63. The van der Waals surface area contributed by atoms with E-state index in [-0.39, 0.29) is 12.5 Å². The summed E-state index contributed by atoms with van der Waals surface area (Å²) in [6.07, 6.45) is 7.20. The highest BCUT2D eigenvalue weighted by atomic mass is 19.1. The van der Waals surface area contributed by atoms with Gasteiger partial charge in [-0.1, -0.05) is 13.0 Å². The fourth-order valence-electron chi connectivity index (χ4n) is 4.08. The second-order valence-electron chi connectivity index (χ2n) is 8.09. The van der Waals surface area contributed by atoms with Gasteiger partial charge in [-0.2, -0.15) is 5.10 Å². The number of hydrogen-bond donors (Lipinski definition) is 1. The molecule has 5 rings (SSSR count). The van der Waals surface area contributed by atoms with Crippen LogP contribution in [0.4, 0.5) is 4.39 Å². The standard InChI is InChI=1S/C23H24FN7O/c1-3-18-20(30-13-14(2)11-26-23(30)27-18)22(32)25-12-15-7-8-16(17(24)10-15)21-28-19-6-4-5-9-31(19)29-21/h7-8,10-11,13H,3-6,9,12H2,1-2H3,(H,25,32). The molecule has 0 fully saturated rings. The lowest BCUT2D eigenvalue weighted by Gasteiger charge is -2.09. The molecule has 0 spiro atoms. The summed E-state index contributed by atoms with van der Waals surface area (Å²) in [4.78, 5) is 26.2. The summed E-state index contributed by atoms with van der Waals surface area (Å²) in [5, 5.41) is 7.34. The van der Waals surface area contributed by atoms with Crippen LogP contribution in [0.2, 0.25) is 0 Å². The lowest BCUT2D eigenvalue weighted by molar-refractivity contribution is 0.0944. The van der Waals surface area contributed by atoms with Crippen molar-refractivity contribution >= 4 is 11.7 Å². The highest BCUT2D eigenvalue weighted by molar-refractivity contribution is 5.94. The van der Waals surface area contributed by atoms with E-state index in [0.717, 1.165) is 37.2 Å². The van der Waals surface area contributed by atoms with Gasteiger partial charge in [0, 0.05) is 31.9 Å². The molecule has 1 aliphatic heterocycles. The van der Waals surface area contributed by atoms with Gasteiger partial charge < -0.3 is 5.32 Å². The van der Waals surface area contributed by atoms with Crippen molar-refractivity contribution in [3.05, 3.63) is 64.7 Å². The molecule has 0 atom stereocenters. The van der Waals surface area contributed by atoms with Crippen LogP contribution in [0.5, 0.6) is 0 Å². The van der Waals surface area contributed by atoms with Crippen molar-refractivity contribution in [2.75, 3.05) is 0 Å². The number of carbonyl (C=O) groups is 1. The molecule has 164 valence electrons. The SMILES string of the molecule is CCc1nc2ncc(C)cn2c1C(=O)NCc1ccc(-c2nc3n(n2)CCCC3)c(F)c1. The summed E-state index contributed by atoms with van der Waals surface area (Å²) in [6.45, 7) is 4.88. The summed E-state index contributed by atoms with van der Waals surface area (Å²) >= 11 is 0. The molecule has 1 amide bonds. The van der Waals surface area contributed by atoms with Gasteiger partial charge in [0.1, 0.15) is 17.3 Å². The first-order valence-corrected chi connectivity index (χ1v) is 10.9. The quantitative estimate of drug-likeness (QED) is 0.522. The lowest BCUT2D eigenvalue weighted by Crippen LogP contribution is -2.25. The molecule has 0 unspecified atom stereocenters. The van der Waals surface area contributed by atoms with Gasteiger partial charge in [-0.05, 0) is 49.4 Å². The first-order valence-electron chi connectivity index (χ1n) is 10.9. The molecule has 8 nitrogen and oxygen atoms in total. The van der Waals surface area contributed by atoms with Gasteiger partial charge in [0.25, 0.3) is 5.91 Å². The number of nitrogens with zero attached hydrogens (tertiary/aromatic N) is 6. The minimum Gasteiger partial charge on any atom is -0.347 e. The van der Waals surface area contributed by atoms with Crippen LogP contribution in [-0.4, -0.2) is 35.0 Å². The average Bonchev–Trinajstić information content (AvgIpc) is 3.38. The third-order valence-electron chi connectivity index (χ3n) is 5.73. The monoisotopic (exact) mass is 433 g/mol. The van der Waals surface area contributed by atoms with Gasteiger partial charge in [-0.3, -0.25) is 9.20 Å². The van der Waals surface area contributed by atoms with Gasteiger partial charge in [0.05, 0.1) is 11.3 Å². The first-order chi connectivity index (χ1) is 15.5. The molecule has 4 heterocycles. The number of carbonyl (C=O) groups excluding carboxylic acids is 1. The Labute approximate surface area is 184 Å². The number of aryl methyl sites for hydroxylation is 4. The van der Waals surface area contributed by atoms with Crippen molar-refractivity contribution in [1.82, 2.24) is 34.4 Å². The lowest BCUT2D eigenvalue weighted by atomic mass is 10.1. The maximum Gasteiger partial charge on any atom is 0.270 e. The summed E-state index contributed by atoms with van der Waals surface area (Å²) in [6, 6.07) is 4.90. The molecule has 32 heavy (non-hydrogen) atoms. The molecule has 9 heteroatoms. The number of aromatic nitrogens is 6. The molecule has 0 bridgehead atoms. The summed E-state index contributed by atoms with van der Waals surface area (Å²) < 4.78 is 18.4. The molecule has 1 aromatic carbocycles. The highest BCUT2D eigenvalue weighted by Gasteiger charge is 2.20. The van der Waals surface area contributed by atoms with Crippen LogP contribution in [-0.2, 0) is 25.9 Å². The molecule has 0 saturated carbocycles. The normalized spacial score (nSPS) is 13.3. The first kappa shape index (κ1) is 20.3. The van der Waals surface area contributed by atoms with E-state index in [9.17, 15) is 9.18 Å². The van der Waals surface area contributed by atoms with Crippen LogP contribution in [0.25, 0.3) is 17.2 Å². The van der Waals surface area contributed by atoms with E-state index in [1.165, 1.54) is 6.07 Å². The summed E-state index contributed by atoms with van der Waals surface area (Å²) in [5.41, 5.74) is 3.10. The zero-order valence-corrected chi connectivity index (χ0v) is 18.1. The average molecular weight is 433 g/mol. The second kappa shape index (κ2) is 8.14. The Bertz CT molecular complexity index is 1300. The Kier molecular flexibility index (Phi) is 5.16.